The summed E-state index contributed by atoms with van der Waals surface area (Å²) in [6.07, 6.45) is 5.20. The van der Waals surface area contributed by atoms with Crippen LogP contribution < -0.4 is 4.90 Å². The van der Waals surface area contributed by atoms with E-state index in [9.17, 15) is 0 Å². The number of anilines is 1. The van der Waals surface area contributed by atoms with Crippen LogP contribution in [0.15, 0.2) is 54.6 Å². The molecule has 2 nitrogen and oxygen atoms in total. The van der Waals surface area contributed by atoms with Crippen LogP contribution >= 0.6 is 0 Å². The first-order chi connectivity index (χ1) is 11.4. The lowest BCUT2D eigenvalue weighted by molar-refractivity contribution is 0.252. The van der Waals surface area contributed by atoms with Crippen LogP contribution in [-0.2, 0) is 6.42 Å². The van der Waals surface area contributed by atoms with Gasteiger partial charge in [-0.2, -0.15) is 0 Å². The van der Waals surface area contributed by atoms with E-state index in [-0.39, 0.29) is 0 Å². The van der Waals surface area contributed by atoms with Crippen molar-refractivity contribution in [3.05, 3.63) is 66.2 Å². The maximum atomic E-state index is 3.10. The molecule has 0 amide bonds. The van der Waals surface area contributed by atoms with Gasteiger partial charge in [-0.25, -0.2) is 0 Å². The van der Waals surface area contributed by atoms with E-state index in [1.165, 1.54) is 56.6 Å². The largest absolute Gasteiger partial charge is 0.369 e. The third-order valence-electron chi connectivity index (χ3n) is 4.72. The minimum atomic E-state index is 1.15. The summed E-state index contributed by atoms with van der Waals surface area (Å²) in [4.78, 5) is 5.10. The molecule has 0 spiro atoms. The Bertz CT molecular complexity index is 545. The lowest BCUT2D eigenvalue weighted by atomic mass is 10.1. The van der Waals surface area contributed by atoms with Crippen molar-refractivity contribution in [3.63, 3.8) is 0 Å². The summed E-state index contributed by atoms with van der Waals surface area (Å²) in [5.74, 6) is 0. The Morgan fingerprint density at radius 1 is 0.783 bits per heavy atom. The Morgan fingerprint density at radius 3 is 2.26 bits per heavy atom. The van der Waals surface area contributed by atoms with Crippen LogP contribution in [0, 0.1) is 6.07 Å². The number of nitrogens with zero attached hydrogens (tertiary/aromatic N) is 2. The minimum Gasteiger partial charge on any atom is -0.369 e. The number of benzene rings is 2. The molecule has 3 rings (SSSR count). The zero-order chi connectivity index (χ0) is 15.7. The van der Waals surface area contributed by atoms with E-state index in [4.69, 9.17) is 0 Å². The lowest BCUT2D eigenvalue weighted by Crippen LogP contribution is -2.46. The molecule has 121 valence electrons. The molecule has 1 saturated heterocycles. The van der Waals surface area contributed by atoms with E-state index < -0.39 is 0 Å². The van der Waals surface area contributed by atoms with Crippen molar-refractivity contribution in [1.29, 1.82) is 0 Å². The van der Waals surface area contributed by atoms with Gasteiger partial charge < -0.3 is 4.90 Å². The Labute approximate surface area is 140 Å². The average molecular weight is 307 g/mol. The molecule has 23 heavy (non-hydrogen) atoms. The Kier molecular flexibility index (Phi) is 6.10. The Balaban J connectivity index is 1.29. The van der Waals surface area contributed by atoms with Crippen molar-refractivity contribution in [3.8, 4) is 0 Å². The third kappa shape index (κ3) is 5.11. The molecule has 1 aliphatic heterocycles. The highest BCUT2D eigenvalue weighted by atomic mass is 15.3. The molecule has 0 bridgehead atoms. The van der Waals surface area contributed by atoms with Gasteiger partial charge in [0.1, 0.15) is 0 Å². The number of rotatable bonds is 7. The van der Waals surface area contributed by atoms with Crippen molar-refractivity contribution >= 4 is 5.69 Å². The van der Waals surface area contributed by atoms with Crippen LogP contribution in [0.5, 0.6) is 0 Å². The van der Waals surface area contributed by atoms with Crippen molar-refractivity contribution in [1.82, 2.24) is 4.90 Å². The van der Waals surface area contributed by atoms with Gasteiger partial charge in [-0.1, -0.05) is 48.9 Å². The minimum absolute atomic E-state index is 1.15. The van der Waals surface area contributed by atoms with Gasteiger partial charge in [0.25, 0.3) is 0 Å². The molecule has 0 saturated carbocycles. The van der Waals surface area contributed by atoms with E-state index >= 15 is 0 Å². The molecule has 0 atom stereocenters. The summed E-state index contributed by atoms with van der Waals surface area (Å²) in [6, 6.07) is 22.3. The molecule has 0 aliphatic carbocycles. The molecular weight excluding hydrogens is 280 g/mol. The maximum absolute atomic E-state index is 3.10. The van der Waals surface area contributed by atoms with Crippen LogP contribution in [0.3, 0.4) is 0 Å². The second-order valence-electron chi connectivity index (χ2n) is 6.38. The van der Waals surface area contributed by atoms with Gasteiger partial charge in [-0.3, -0.25) is 4.90 Å². The highest BCUT2D eigenvalue weighted by Crippen LogP contribution is 2.15. The fourth-order valence-corrected chi connectivity index (χ4v) is 3.30. The van der Waals surface area contributed by atoms with Crippen LogP contribution in [0.4, 0.5) is 5.69 Å². The standard InChI is InChI=1S/C21H27N2/c1-4-10-20(11-5-1)12-6-3-9-15-22-16-18-23(19-17-22)21-13-7-2-8-14-21/h1,4-5,7-8,10-11,13-14H,3,6,9,12,15-19H2. The smallest absolute Gasteiger partial charge is 0.0367 e. The van der Waals surface area contributed by atoms with Crippen LogP contribution in [0.1, 0.15) is 24.8 Å². The first-order valence-electron chi connectivity index (χ1n) is 8.89. The molecule has 2 aromatic carbocycles. The number of aryl methyl sites for hydroxylation is 1. The van der Waals surface area contributed by atoms with Gasteiger partial charge >= 0.3 is 0 Å². The zero-order valence-electron chi connectivity index (χ0n) is 14.0. The molecule has 0 unspecified atom stereocenters. The van der Waals surface area contributed by atoms with Gasteiger partial charge in [-0.05, 0) is 49.6 Å². The predicted octanol–water partition coefficient (Wildman–Crippen LogP) is 4.02. The summed E-state index contributed by atoms with van der Waals surface area (Å²) in [7, 11) is 0. The van der Waals surface area contributed by atoms with Crippen LogP contribution in [0.25, 0.3) is 0 Å². The molecule has 2 aromatic rings. The van der Waals surface area contributed by atoms with Crippen molar-refractivity contribution in [2.75, 3.05) is 37.6 Å². The summed E-state index contributed by atoms with van der Waals surface area (Å²) < 4.78 is 0. The monoisotopic (exact) mass is 307 g/mol. The average Bonchev–Trinajstić information content (AvgIpc) is 2.64. The maximum Gasteiger partial charge on any atom is 0.0367 e. The fourth-order valence-electron chi connectivity index (χ4n) is 3.30. The Morgan fingerprint density at radius 2 is 1.52 bits per heavy atom. The molecule has 1 aliphatic rings. The van der Waals surface area contributed by atoms with Crippen LogP contribution in [-0.4, -0.2) is 37.6 Å². The molecule has 1 heterocycles. The first kappa shape index (κ1) is 16.1. The molecule has 0 aromatic heterocycles. The van der Waals surface area contributed by atoms with E-state index in [1.54, 1.807) is 0 Å². The van der Waals surface area contributed by atoms with Gasteiger partial charge in [0, 0.05) is 31.9 Å². The number of unbranched alkanes of at least 4 members (excludes halogenated alkanes) is 2. The summed E-state index contributed by atoms with van der Waals surface area (Å²) in [6.45, 7) is 5.93. The summed E-state index contributed by atoms with van der Waals surface area (Å²) in [5, 5.41) is 0. The summed E-state index contributed by atoms with van der Waals surface area (Å²) >= 11 is 0. The number of hydrogen-bond donors (Lipinski definition) is 0. The van der Waals surface area contributed by atoms with E-state index in [1.807, 2.05) is 12.1 Å². The van der Waals surface area contributed by atoms with E-state index in [0.29, 0.717) is 0 Å². The summed E-state index contributed by atoms with van der Waals surface area (Å²) in [5.41, 5.74) is 2.81. The topological polar surface area (TPSA) is 6.48 Å². The van der Waals surface area contributed by atoms with E-state index in [2.05, 4.69) is 58.3 Å². The van der Waals surface area contributed by atoms with Gasteiger partial charge in [0.15, 0.2) is 0 Å². The quantitative estimate of drug-likeness (QED) is 0.713. The number of hydrogen-bond acceptors (Lipinski definition) is 2. The van der Waals surface area contributed by atoms with Crippen molar-refractivity contribution in [2.45, 2.75) is 25.7 Å². The molecule has 1 radical (unpaired) electrons. The second-order valence-corrected chi connectivity index (χ2v) is 6.38. The van der Waals surface area contributed by atoms with Crippen molar-refractivity contribution < 1.29 is 0 Å². The fraction of sp³-hybridized carbons (Fsp3) is 0.429. The van der Waals surface area contributed by atoms with Gasteiger partial charge in [0.05, 0.1) is 0 Å². The zero-order valence-corrected chi connectivity index (χ0v) is 14.0. The predicted molar refractivity (Wildman–Crippen MR) is 97.9 cm³/mol. The highest BCUT2D eigenvalue weighted by molar-refractivity contribution is 5.46. The molecule has 2 heteroatoms. The van der Waals surface area contributed by atoms with E-state index in [0.717, 1.165) is 13.1 Å². The molecule has 0 N–H and O–H groups in total. The van der Waals surface area contributed by atoms with Gasteiger partial charge in [-0.15, -0.1) is 0 Å². The highest BCUT2D eigenvalue weighted by Gasteiger charge is 2.16. The Hall–Kier alpha value is -1.80. The second kappa shape index (κ2) is 8.73. The number of piperazine rings is 1. The third-order valence-corrected chi connectivity index (χ3v) is 4.72. The lowest BCUT2D eigenvalue weighted by Gasteiger charge is -2.36. The first-order valence-corrected chi connectivity index (χ1v) is 8.89. The van der Waals surface area contributed by atoms with Crippen LogP contribution in [0.2, 0.25) is 0 Å². The SMILES string of the molecule is [c]1ccc(N2CCN(CCCCCc3ccccc3)CC2)cc1. The molecule has 1 fully saturated rings. The molecular formula is C21H27N2. The van der Waals surface area contributed by atoms with Crippen molar-refractivity contribution in [2.24, 2.45) is 0 Å². The van der Waals surface area contributed by atoms with Gasteiger partial charge in [0.2, 0.25) is 0 Å². The normalized spacial score (nSPS) is 15.7.